The van der Waals surface area contributed by atoms with E-state index in [1.54, 1.807) is 11.3 Å². The molecular formula is C21H27N3O2S. The van der Waals surface area contributed by atoms with Gasteiger partial charge in [0.05, 0.1) is 5.56 Å². The Kier molecular flexibility index (Phi) is 5.57. The summed E-state index contributed by atoms with van der Waals surface area (Å²) in [5.41, 5.74) is 2.25. The number of aliphatic hydroxyl groups is 1. The fraction of sp³-hybridized carbons (Fsp3) is 0.524. The van der Waals surface area contributed by atoms with Crippen LogP contribution in [0.2, 0.25) is 0 Å². The van der Waals surface area contributed by atoms with Gasteiger partial charge >= 0.3 is 0 Å². The number of nitrogens with zero attached hydrogens (tertiary/aromatic N) is 3. The minimum atomic E-state index is 0.111. The molecule has 4 rings (SSSR count). The molecule has 5 nitrogen and oxygen atoms in total. The number of carbonyl (C=O) groups excluding carboxylic acids is 1. The van der Waals surface area contributed by atoms with E-state index in [-0.39, 0.29) is 23.8 Å². The van der Waals surface area contributed by atoms with Crippen molar-refractivity contribution in [3.8, 4) is 0 Å². The van der Waals surface area contributed by atoms with E-state index < -0.39 is 0 Å². The molecule has 27 heavy (non-hydrogen) atoms. The van der Waals surface area contributed by atoms with Crippen LogP contribution in [0.4, 0.5) is 0 Å². The third kappa shape index (κ3) is 3.93. The highest BCUT2D eigenvalue weighted by atomic mass is 32.1. The van der Waals surface area contributed by atoms with E-state index in [4.69, 9.17) is 0 Å². The molecule has 0 unspecified atom stereocenters. The van der Waals surface area contributed by atoms with Crippen LogP contribution < -0.4 is 0 Å². The predicted octanol–water partition coefficient (Wildman–Crippen LogP) is 2.88. The molecule has 1 amide bonds. The quantitative estimate of drug-likeness (QED) is 0.879. The van der Waals surface area contributed by atoms with Crippen LogP contribution in [-0.2, 0) is 6.54 Å². The molecule has 1 N–H and O–H groups in total. The summed E-state index contributed by atoms with van der Waals surface area (Å²) < 4.78 is 0. The number of pyridine rings is 1. The van der Waals surface area contributed by atoms with Gasteiger partial charge in [0.2, 0.25) is 0 Å². The second kappa shape index (κ2) is 8.09. The zero-order valence-corrected chi connectivity index (χ0v) is 16.4. The summed E-state index contributed by atoms with van der Waals surface area (Å²) in [6.07, 6.45) is 6.90. The second-order valence-electron chi connectivity index (χ2n) is 7.89. The van der Waals surface area contributed by atoms with Crippen LogP contribution in [0.1, 0.15) is 35.2 Å². The van der Waals surface area contributed by atoms with Gasteiger partial charge in [-0.15, -0.1) is 0 Å². The number of aliphatic hydroxyl groups excluding tert-OH is 1. The number of aromatic nitrogens is 1. The average Bonchev–Trinajstić information content (AvgIpc) is 3.25. The number of rotatable bonds is 4. The molecule has 0 bridgehead atoms. The standard InChI is InChI=1S/C21H27N3O2S/c25-15-19-14-24(20(26)18-3-12-27-16-18)11-6-21(19)4-9-23(10-5-21)13-17-1-7-22-8-2-17/h1-3,7-8,12,16,19,25H,4-6,9-11,13-15H2/t19-/m1/s1. The van der Waals surface area contributed by atoms with Crippen LogP contribution in [0, 0.1) is 11.3 Å². The lowest BCUT2D eigenvalue weighted by molar-refractivity contribution is -0.0364. The number of hydrogen-bond acceptors (Lipinski definition) is 5. The zero-order valence-electron chi connectivity index (χ0n) is 15.6. The van der Waals surface area contributed by atoms with Crippen LogP contribution >= 0.6 is 11.3 Å². The van der Waals surface area contributed by atoms with E-state index >= 15 is 0 Å². The molecule has 1 spiro atoms. The van der Waals surface area contributed by atoms with Gasteiger partial charge in [-0.25, -0.2) is 0 Å². The van der Waals surface area contributed by atoms with Gasteiger partial charge in [-0.05, 0) is 66.9 Å². The second-order valence-corrected chi connectivity index (χ2v) is 8.67. The first-order chi connectivity index (χ1) is 13.2. The Balaban J connectivity index is 1.37. The molecule has 2 aliphatic heterocycles. The number of likely N-dealkylation sites (tertiary alicyclic amines) is 2. The van der Waals surface area contributed by atoms with Crippen LogP contribution in [-0.4, -0.2) is 58.6 Å². The zero-order chi connectivity index (χ0) is 18.7. The molecular weight excluding hydrogens is 358 g/mol. The first kappa shape index (κ1) is 18.6. The summed E-state index contributed by atoms with van der Waals surface area (Å²) >= 11 is 1.55. The number of piperidine rings is 2. The third-order valence-electron chi connectivity index (χ3n) is 6.47. The maximum absolute atomic E-state index is 12.7. The van der Waals surface area contributed by atoms with E-state index in [1.807, 2.05) is 34.1 Å². The van der Waals surface area contributed by atoms with E-state index in [9.17, 15) is 9.90 Å². The molecule has 2 aromatic rings. The normalized spacial score (nSPS) is 22.9. The summed E-state index contributed by atoms with van der Waals surface area (Å²) in [4.78, 5) is 21.2. The molecule has 0 saturated carbocycles. The van der Waals surface area contributed by atoms with E-state index in [0.29, 0.717) is 6.54 Å². The van der Waals surface area contributed by atoms with Gasteiger partial charge in [0.1, 0.15) is 0 Å². The van der Waals surface area contributed by atoms with E-state index in [1.165, 1.54) is 5.56 Å². The fourth-order valence-electron chi connectivity index (χ4n) is 4.68. The van der Waals surface area contributed by atoms with Gasteiger partial charge in [-0.2, -0.15) is 11.3 Å². The molecule has 6 heteroatoms. The van der Waals surface area contributed by atoms with Gasteiger partial charge in [-0.1, -0.05) is 0 Å². The maximum Gasteiger partial charge on any atom is 0.254 e. The van der Waals surface area contributed by atoms with Crippen molar-refractivity contribution in [1.29, 1.82) is 0 Å². The Hall–Kier alpha value is -1.76. The topological polar surface area (TPSA) is 56.7 Å². The van der Waals surface area contributed by atoms with Crippen LogP contribution in [0.15, 0.2) is 41.4 Å². The molecule has 2 aliphatic rings. The Bertz CT molecular complexity index is 742. The molecule has 2 fully saturated rings. The van der Waals surface area contributed by atoms with Crippen molar-refractivity contribution in [3.63, 3.8) is 0 Å². The molecule has 144 valence electrons. The average molecular weight is 386 g/mol. The predicted molar refractivity (Wildman–Crippen MR) is 107 cm³/mol. The van der Waals surface area contributed by atoms with Crippen molar-refractivity contribution in [2.75, 3.05) is 32.8 Å². The smallest absolute Gasteiger partial charge is 0.254 e. The van der Waals surface area contributed by atoms with Crippen molar-refractivity contribution >= 4 is 17.2 Å². The molecule has 0 radical (unpaired) electrons. The first-order valence-corrected chi connectivity index (χ1v) is 10.7. The Morgan fingerprint density at radius 3 is 2.59 bits per heavy atom. The third-order valence-corrected chi connectivity index (χ3v) is 7.15. The highest BCUT2D eigenvalue weighted by Crippen LogP contribution is 2.45. The number of thiophene rings is 1. The van der Waals surface area contributed by atoms with Crippen LogP contribution in [0.5, 0.6) is 0 Å². The van der Waals surface area contributed by atoms with E-state index in [0.717, 1.165) is 51.0 Å². The van der Waals surface area contributed by atoms with Crippen LogP contribution in [0.3, 0.4) is 0 Å². The highest BCUT2D eigenvalue weighted by Gasteiger charge is 2.45. The van der Waals surface area contributed by atoms with Gasteiger partial charge in [0.15, 0.2) is 0 Å². The Labute approximate surface area is 164 Å². The lowest BCUT2D eigenvalue weighted by Crippen LogP contribution is -2.54. The van der Waals surface area contributed by atoms with Gasteiger partial charge in [0, 0.05) is 49.9 Å². The van der Waals surface area contributed by atoms with Gasteiger partial charge in [0.25, 0.3) is 5.91 Å². The molecule has 1 atom stereocenters. The lowest BCUT2D eigenvalue weighted by Gasteiger charge is -2.51. The molecule has 2 aromatic heterocycles. The molecule has 0 aromatic carbocycles. The number of amides is 1. The summed E-state index contributed by atoms with van der Waals surface area (Å²) in [7, 11) is 0. The van der Waals surface area contributed by atoms with Crippen molar-refractivity contribution in [2.45, 2.75) is 25.8 Å². The van der Waals surface area contributed by atoms with Crippen molar-refractivity contribution in [2.24, 2.45) is 11.3 Å². The molecule has 0 aliphatic carbocycles. The minimum absolute atomic E-state index is 0.111. The molecule has 2 saturated heterocycles. The first-order valence-electron chi connectivity index (χ1n) is 9.74. The lowest BCUT2D eigenvalue weighted by atomic mass is 9.64. The number of hydrogen-bond donors (Lipinski definition) is 1. The minimum Gasteiger partial charge on any atom is -0.396 e. The maximum atomic E-state index is 12.7. The Morgan fingerprint density at radius 2 is 1.93 bits per heavy atom. The summed E-state index contributed by atoms with van der Waals surface area (Å²) in [6.45, 7) is 4.71. The van der Waals surface area contributed by atoms with Crippen LogP contribution in [0.25, 0.3) is 0 Å². The molecule has 4 heterocycles. The highest BCUT2D eigenvalue weighted by molar-refractivity contribution is 7.08. The largest absolute Gasteiger partial charge is 0.396 e. The number of carbonyl (C=O) groups is 1. The van der Waals surface area contributed by atoms with Gasteiger partial charge < -0.3 is 10.0 Å². The monoisotopic (exact) mass is 385 g/mol. The summed E-state index contributed by atoms with van der Waals surface area (Å²) in [5, 5.41) is 13.9. The van der Waals surface area contributed by atoms with E-state index in [2.05, 4.69) is 22.0 Å². The summed E-state index contributed by atoms with van der Waals surface area (Å²) in [5.74, 6) is 0.289. The summed E-state index contributed by atoms with van der Waals surface area (Å²) in [6, 6.07) is 6.05. The van der Waals surface area contributed by atoms with Crippen molar-refractivity contribution < 1.29 is 9.90 Å². The van der Waals surface area contributed by atoms with Crippen molar-refractivity contribution in [1.82, 2.24) is 14.8 Å². The van der Waals surface area contributed by atoms with Crippen molar-refractivity contribution in [3.05, 3.63) is 52.5 Å². The fourth-order valence-corrected chi connectivity index (χ4v) is 5.31. The van der Waals surface area contributed by atoms with Gasteiger partial charge in [-0.3, -0.25) is 14.7 Å². The SMILES string of the molecule is O=C(c1ccsc1)N1CCC2(CCN(Cc3ccncc3)CC2)[C@@H](CO)C1. The Morgan fingerprint density at radius 1 is 1.19 bits per heavy atom.